The van der Waals surface area contributed by atoms with Gasteiger partial charge >= 0.3 is 5.97 Å². The van der Waals surface area contributed by atoms with Gasteiger partial charge in [0.1, 0.15) is 28.6 Å². The van der Waals surface area contributed by atoms with Crippen LogP contribution in [0, 0.1) is 12.3 Å². The van der Waals surface area contributed by atoms with Gasteiger partial charge in [-0.3, -0.25) is 19.2 Å². The second-order valence-corrected chi connectivity index (χ2v) is 11.5. The first kappa shape index (κ1) is 26.0. The molecule has 0 unspecified atom stereocenters. The Hall–Kier alpha value is -4.93. The molecule has 214 valence electrons. The fourth-order valence-corrected chi connectivity index (χ4v) is 7.34. The van der Waals surface area contributed by atoms with Gasteiger partial charge in [-0.2, -0.15) is 0 Å². The van der Waals surface area contributed by atoms with Gasteiger partial charge in [-0.05, 0) is 49.1 Å². The lowest BCUT2D eigenvalue weighted by Crippen LogP contribution is -2.61. The van der Waals surface area contributed by atoms with Crippen LogP contribution in [0.15, 0.2) is 35.9 Å². The lowest BCUT2D eigenvalue weighted by Gasteiger charge is -2.40. The summed E-state index contributed by atoms with van der Waals surface area (Å²) in [4.78, 5) is 66.8. The summed E-state index contributed by atoms with van der Waals surface area (Å²) in [6, 6.07) is 3.48. The number of esters is 1. The van der Waals surface area contributed by atoms with Crippen LogP contribution in [0.25, 0.3) is 5.76 Å². The summed E-state index contributed by atoms with van der Waals surface area (Å²) in [6.45, 7) is 1.68. The Labute approximate surface area is 238 Å². The monoisotopic (exact) mass is 571 g/mol. The van der Waals surface area contributed by atoms with Crippen molar-refractivity contribution in [2.45, 2.75) is 50.2 Å². The Morgan fingerprint density at radius 1 is 1.07 bits per heavy atom. The number of methoxy groups -OCH3 is 1. The Kier molecular flexibility index (Phi) is 5.14. The molecule has 1 amide bonds. The van der Waals surface area contributed by atoms with E-state index in [0.717, 1.165) is 7.11 Å². The molecule has 1 spiro atoms. The molecule has 0 saturated carbocycles. The zero-order valence-corrected chi connectivity index (χ0v) is 22.6. The van der Waals surface area contributed by atoms with E-state index < -0.39 is 64.2 Å². The standard InChI is InChI=1S/C31H25NO10/c1-12-7-15-22(16(33)8-12)27(38)24-25(36)14-5-6-30(24,28(15)39)10-13-9-18-23(26(37)21(13)14)17(34)11-31(42-18,29(40)41-2)19-3-4-20(35)32-19/h5-9,14,19,33,37-38H,3-4,10-11H2,1-2H3,(H,32,35)/t14-,19+,30+,31-/m1/s1. The minimum atomic E-state index is -1.89. The van der Waals surface area contributed by atoms with Crippen LogP contribution in [-0.4, -0.2) is 63.3 Å². The highest BCUT2D eigenvalue weighted by molar-refractivity contribution is 6.23. The molecular formula is C31H25NO10. The number of ether oxygens (including phenoxy) is 2. The number of aromatic hydroxyl groups is 2. The van der Waals surface area contributed by atoms with Gasteiger partial charge in [-0.25, -0.2) is 4.79 Å². The number of nitrogens with one attached hydrogen (secondary N) is 1. The molecule has 6 aliphatic rings. The number of rotatable bonds is 2. The number of benzene rings is 2. The fraction of sp³-hybridized carbons (Fsp3) is 0.323. The van der Waals surface area contributed by atoms with Gasteiger partial charge < -0.3 is 30.1 Å². The minimum Gasteiger partial charge on any atom is -0.507 e. The molecule has 1 fully saturated rings. The van der Waals surface area contributed by atoms with E-state index in [2.05, 4.69) is 5.32 Å². The van der Waals surface area contributed by atoms with Gasteiger partial charge in [0.25, 0.3) is 0 Å². The van der Waals surface area contributed by atoms with E-state index in [-0.39, 0.29) is 64.5 Å². The van der Waals surface area contributed by atoms with Crippen LogP contribution in [0.2, 0.25) is 0 Å². The van der Waals surface area contributed by atoms with Gasteiger partial charge in [-0.15, -0.1) is 0 Å². The highest BCUT2D eigenvalue weighted by Crippen LogP contribution is 2.58. The number of carbonyl (C=O) groups excluding carboxylic acids is 5. The van der Waals surface area contributed by atoms with Crippen LogP contribution in [0.1, 0.15) is 68.2 Å². The highest BCUT2D eigenvalue weighted by atomic mass is 16.6. The molecule has 2 bridgehead atoms. The quantitative estimate of drug-likeness (QED) is 0.309. The Morgan fingerprint density at radius 2 is 1.83 bits per heavy atom. The first-order valence-electron chi connectivity index (χ1n) is 13.5. The Morgan fingerprint density at radius 3 is 2.52 bits per heavy atom. The molecule has 1 saturated heterocycles. The number of fused-ring (bicyclic) bond motifs is 2. The van der Waals surface area contributed by atoms with Gasteiger partial charge in [0.05, 0.1) is 42.0 Å². The molecule has 2 aromatic carbocycles. The molecule has 0 aromatic heterocycles. The predicted octanol–water partition coefficient (Wildman–Crippen LogP) is 2.49. The van der Waals surface area contributed by atoms with Crippen molar-refractivity contribution in [1.82, 2.24) is 5.32 Å². The molecule has 2 aliphatic heterocycles. The van der Waals surface area contributed by atoms with Crippen molar-refractivity contribution in [3.05, 3.63) is 69.3 Å². The Bertz CT molecular complexity index is 1780. The van der Waals surface area contributed by atoms with Gasteiger partial charge in [0.2, 0.25) is 11.5 Å². The van der Waals surface area contributed by atoms with Crippen LogP contribution >= 0.6 is 0 Å². The van der Waals surface area contributed by atoms with E-state index >= 15 is 0 Å². The summed E-state index contributed by atoms with van der Waals surface area (Å²) in [5.41, 5.74) is -3.10. The molecule has 11 heteroatoms. The maximum atomic E-state index is 14.1. The molecular weight excluding hydrogens is 546 g/mol. The average molecular weight is 572 g/mol. The van der Waals surface area contributed by atoms with Crippen LogP contribution < -0.4 is 10.1 Å². The largest absolute Gasteiger partial charge is 0.507 e. The normalized spacial score (nSPS) is 28.8. The first-order valence-corrected chi connectivity index (χ1v) is 13.5. The van der Waals surface area contributed by atoms with Gasteiger partial charge in [-0.1, -0.05) is 12.2 Å². The van der Waals surface area contributed by atoms with E-state index in [1.807, 2.05) is 0 Å². The van der Waals surface area contributed by atoms with Crippen molar-refractivity contribution in [3.63, 3.8) is 0 Å². The summed E-state index contributed by atoms with van der Waals surface area (Å²) in [6.07, 6.45) is 2.64. The smallest absolute Gasteiger partial charge is 0.352 e. The maximum absolute atomic E-state index is 14.1. The fourth-order valence-electron chi connectivity index (χ4n) is 7.34. The number of allylic oxidation sites excluding steroid dienone is 3. The van der Waals surface area contributed by atoms with E-state index in [4.69, 9.17) is 9.47 Å². The summed E-state index contributed by atoms with van der Waals surface area (Å²) < 4.78 is 11.2. The van der Waals surface area contributed by atoms with Crippen molar-refractivity contribution >= 4 is 35.0 Å². The molecule has 4 aliphatic carbocycles. The van der Waals surface area contributed by atoms with Gasteiger partial charge in [0.15, 0.2) is 17.3 Å². The number of hydrogen-bond donors (Lipinski definition) is 4. The second-order valence-electron chi connectivity index (χ2n) is 11.5. The number of carbonyl (C=O) groups is 5. The number of amides is 1. The van der Waals surface area contributed by atoms with Crippen molar-refractivity contribution in [2.24, 2.45) is 5.41 Å². The highest BCUT2D eigenvalue weighted by Gasteiger charge is 2.59. The van der Waals surface area contributed by atoms with Crippen molar-refractivity contribution in [3.8, 4) is 17.2 Å². The molecule has 2 aromatic rings. The number of hydrogen-bond acceptors (Lipinski definition) is 10. The third kappa shape index (κ3) is 3.07. The SMILES string of the molecule is COC(=O)[C@]1([C@@H]2CCC(=O)N2)CC(=O)c2c(cc3c(c2O)[C@H]2C=C[C@@]4(C3)C(=O)c3cc(C)cc(O)c3C(O)=C4C2=O)O1. The van der Waals surface area contributed by atoms with E-state index in [1.54, 1.807) is 6.92 Å². The van der Waals surface area contributed by atoms with Crippen molar-refractivity contribution in [2.75, 3.05) is 7.11 Å². The molecule has 42 heavy (non-hydrogen) atoms. The molecule has 11 nitrogen and oxygen atoms in total. The van der Waals surface area contributed by atoms with Crippen molar-refractivity contribution < 1.29 is 48.8 Å². The number of phenolic OH excluding ortho intramolecular Hbond substituents is 2. The maximum Gasteiger partial charge on any atom is 0.352 e. The number of aryl methyl sites for hydroxylation is 1. The summed E-state index contributed by atoms with van der Waals surface area (Å²) in [5.74, 6) is -5.69. The molecule has 4 N–H and O–H groups in total. The lowest BCUT2D eigenvalue weighted by atomic mass is 9.62. The number of aliphatic hydroxyl groups is 1. The number of aliphatic hydroxyl groups excluding tert-OH is 1. The van der Waals surface area contributed by atoms with Crippen LogP contribution in [0.4, 0.5) is 0 Å². The molecule has 2 heterocycles. The van der Waals surface area contributed by atoms with Crippen molar-refractivity contribution in [1.29, 1.82) is 0 Å². The number of ketones is 3. The van der Waals surface area contributed by atoms with Crippen LogP contribution in [0.5, 0.6) is 17.2 Å². The van der Waals surface area contributed by atoms with Crippen LogP contribution in [0.3, 0.4) is 0 Å². The summed E-state index contributed by atoms with van der Waals surface area (Å²) >= 11 is 0. The molecule has 0 radical (unpaired) electrons. The zero-order valence-electron chi connectivity index (χ0n) is 22.6. The third-order valence-corrected chi connectivity index (χ3v) is 9.19. The first-order chi connectivity index (χ1) is 19.9. The summed E-state index contributed by atoms with van der Waals surface area (Å²) in [5, 5.41) is 36.2. The molecule has 4 atom stereocenters. The summed E-state index contributed by atoms with van der Waals surface area (Å²) in [7, 11) is 1.14. The number of phenols is 2. The lowest BCUT2D eigenvalue weighted by molar-refractivity contribution is -0.162. The predicted molar refractivity (Wildman–Crippen MR) is 143 cm³/mol. The van der Waals surface area contributed by atoms with Gasteiger partial charge in [0, 0.05) is 17.5 Å². The minimum absolute atomic E-state index is 0.0448. The Balaban J connectivity index is 1.43. The third-order valence-electron chi connectivity index (χ3n) is 9.19. The molecule has 8 rings (SSSR count). The topological polar surface area (TPSA) is 177 Å². The second kappa shape index (κ2) is 8.31. The number of Topliss-reactive ketones (excluding diaryl/α,β-unsaturated/α-hetero) is 3. The van der Waals surface area contributed by atoms with E-state index in [1.165, 1.54) is 30.4 Å². The average Bonchev–Trinajstić information content (AvgIpc) is 3.26. The van der Waals surface area contributed by atoms with E-state index in [0.29, 0.717) is 11.1 Å². The zero-order chi connectivity index (χ0) is 29.9. The van der Waals surface area contributed by atoms with E-state index in [9.17, 15) is 39.3 Å². The van der Waals surface area contributed by atoms with Crippen LogP contribution in [-0.2, 0) is 25.5 Å².